The molecule has 1 saturated heterocycles. The first-order valence-corrected chi connectivity index (χ1v) is 9.01. The van der Waals surface area contributed by atoms with Crippen LogP contribution in [0.4, 0.5) is 0 Å². The van der Waals surface area contributed by atoms with Crippen molar-refractivity contribution >= 4 is 15.7 Å². The Hall–Kier alpha value is -0.620. The highest BCUT2D eigenvalue weighted by atomic mass is 32.2. The van der Waals surface area contributed by atoms with Crippen molar-refractivity contribution in [1.82, 2.24) is 4.90 Å². The summed E-state index contributed by atoms with van der Waals surface area (Å²) >= 11 is 0. The van der Waals surface area contributed by atoms with Gasteiger partial charge in [-0.15, -0.1) is 0 Å². The zero-order chi connectivity index (χ0) is 14.0. The summed E-state index contributed by atoms with van der Waals surface area (Å²) in [5.41, 5.74) is 5.86. The average molecular weight is 288 g/mol. The minimum Gasteiger partial charge on any atom is -0.339 e. The molecular formula is C13H24N2O3S. The molecule has 0 bridgehead atoms. The van der Waals surface area contributed by atoms with Crippen LogP contribution in [0.1, 0.15) is 39.0 Å². The maximum absolute atomic E-state index is 12.5. The van der Waals surface area contributed by atoms with Crippen LogP contribution in [0.15, 0.2) is 0 Å². The number of nitrogens with two attached hydrogens (primary N) is 1. The molecule has 1 unspecified atom stereocenters. The molecule has 0 aromatic heterocycles. The monoisotopic (exact) mass is 288 g/mol. The minimum absolute atomic E-state index is 0.0445. The Kier molecular flexibility index (Phi) is 4.50. The molecule has 110 valence electrons. The molecule has 0 aromatic rings. The highest BCUT2D eigenvalue weighted by Gasteiger charge is 2.36. The van der Waals surface area contributed by atoms with E-state index in [1.54, 1.807) is 4.90 Å². The zero-order valence-electron chi connectivity index (χ0n) is 11.5. The Labute approximate surface area is 115 Å². The normalized spacial score (nSPS) is 34.1. The van der Waals surface area contributed by atoms with E-state index < -0.39 is 9.84 Å². The van der Waals surface area contributed by atoms with Gasteiger partial charge in [-0.1, -0.05) is 0 Å². The van der Waals surface area contributed by atoms with Gasteiger partial charge in [0.1, 0.15) is 0 Å². The Balaban J connectivity index is 1.99. The van der Waals surface area contributed by atoms with Crippen molar-refractivity contribution in [2.24, 2.45) is 11.7 Å². The Morgan fingerprint density at radius 3 is 2.32 bits per heavy atom. The molecule has 0 spiro atoms. The predicted octanol–water partition coefficient (Wildman–Crippen LogP) is 0.540. The van der Waals surface area contributed by atoms with E-state index in [9.17, 15) is 13.2 Å². The summed E-state index contributed by atoms with van der Waals surface area (Å²) in [4.78, 5) is 14.3. The van der Waals surface area contributed by atoms with Gasteiger partial charge >= 0.3 is 0 Å². The number of hydrogen-bond acceptors (Lipinski definition) is 4. The van der Waals surface area contributed by atoms with Gasteiger partial charge < -0.3 is 10.6 Å². The molecule has 0 radical (unpaired) electrons. The van der Waals surface area contributed by atoms with E-state index in [-0.39, 0.29) is 35.4 Å². The topological polar surface area (TPSA) is 80.5 Å². The van der Waals surface area contributed by atoms with Crippen molar-refractivity contribution in [3.05, 3.63) is 0 Å². The van der Waals surface area contributed by atoms with Gasteiger partial charge in [-0.25, -0.2) is 8.42 Å². The first-order valence-electron chi connectivity index (χ1n) is 7.19. The van der Waals surface area contributed by atoms with Crippen LogP contribution in [0.2, 0.25) is 0 Å². The third-order valence-electron chi connectivity index (χ3n) is 4.39. The Morgan fingerprint density at radius 1 is 1.21 bits per heavy atom. The van der Waals surface area contributed by atoms with Crippen molar-refractivity contribution in [3.63, 3.8) is 0 Å². The maximum Gasteiger partial charge on any atom is 0.225 e. The first kappa shape index (κ1) is 14.8. The van der Waals surface area contributed by atoms with E-state index in [2.05, 4.69) is 0 Å². The van der Waals surface area contributed by atoms with Gasteiger partial charge in [0, 0.05) is 24.5 Å². The molecule has 2 rings (SSSR count). The van der Waals surface area contributed by atoms with Crippen molar-refractivity contribution in [2.45, 2.75) is 51.1 Å². The van der Waals surface area contributed by atoms with Crippen molar-refractivity contribution in [3.8, 4) is 0 Å². The summed E-state index contributed by atoms with van der Waals surface area (Å²) in [6, 6.07) is 0.115. The molecule has 5 nitrogen and oxygen atoms in total. The number of nitrogens with zero attached hydrogens (tertiary/aromatic N) is 1. The van der Waals surface area contributed by atoms with Crippen molar-refractivity contribution in [1.29, 1.82) is 0 Å². The summed E-state index contributed by atoms with van der Waals surface area (Å²) in [5.74, 6) is 0.537. The van der Waals surface area contributed by atoms with Crippen LogP contribution in [-0.2, 0) is 14.6 Å². The molecule has 1 saturated carbocycles. The molecule has 1 amide bonds. The summed E-state index contributed by atoms with van der Waals surface area (Å²) in [6.45, 7) is 2.53. The first-order chi connectivity index (χ1) is 8.93. The molecule has 2 fully saturated rings. The fourth-order valence-electron chi connectivity index (χ4n) is 3.22. The molecule has 2 N–H and O–H groups in total. The van der Waals surface area contributed by atoms with Gasteiger partial charge in [0.15, 0.2) is 9.84 Å². The number of carbonyl (C=O) groups is 1. The molecule has 1 aliphatic heterocycles. The predicted molar refractivity (Wildman–Crippen MR) is 74.4 cm³/mol. The second kappa shape index (κ2) is 5.79. The van der Waals surface area contributed by atoms with Crippen LogP contribution in [0.3, 0.4) is 0 Å². The van der Waals surface area contributed by atoms with Crippen LogP contribution in [-0.4, -0.2) is 49.4 Å². The van der Waals surface area contributed by atoms with Crippen LogP contribution in [0.5, 0.6) is 0 Å². The number of carbonyl (C=O) groups excluding carboxylic acids is 1. The molecule has 1 heterocycles. The quantitative estimate of drug-likeness (QED) is 0.822. The van der Waals surface area contributed by atoms with E-state index >= 15 is 0 Å². The van der Waals surface area contributed by atoms with E-state index in [0.717, 1.165) is 25.7 Å². The lowest BCUT2D eigenvalue weighted by atomic mass is 9.85. The van der Waals surface area contributed by atoms with E-state index in [1.807, 2.05) is 6.92 Å². The van der Waals surface area contributed by atoms with Crippen LogP contribution < -0.4 is 5.73 Å². The molecule has 2 aliphatic rings. The lowest BCUT2D eigenvalue weighted by Crippen LogP contribution is -2.45. The lowest BCUT2D eigenvalue weighted by molar-refractivity contribution is -0.138. The Bertz CT molecular complexity index is 427. The zero-order valence-corrected chi connectivity index (χ0v) is 12.4. The van der Waals surface area contributed by atoms with Gasteiger partial charge in [0.2, 0.25) is 5.91 Å². The highest BCUT2D eigenvalue weighted by molar-refractivity contribution is 7.91. The number of hydrogen-bond donors (Lipinski definition) is 1. The van der Waals surface area contributed by atoms with Gasteiger partial charge in [0.05, 0.1) is 11.5 Å². The molecular weight excluding hydrogens is 264 g/mol. The van der Waals surface area contributed by atoms with Gasteiger partial charge in [-0.2, -0.15) is 0 Å². The molecule has 6 heteroatoms. The maximum atomic E-state index is 12.5. The third-order valence-corrected chi connectivity index (χ3v) is 6.14. The number of amides is 1. The lowest BCUT2D eigenvalue weighted by Gasteiger charge is -2.33. The fourth-order valence-corrected chi connectivity index (χ4v) is 4.95. The van der Waals surface area contributed by atoms with Gasteiger partial charge in [0.25, 0.3) is 0 Å². The second-order valence-electron chi connectivity index (χ2n) is 5.79. The summed E-state index contributed by atoms with van der Waals surface area (Å²) in [7, 11) is -2.94. The van der Waals surface area contributed by atoms with E-state index in [1.165, 1.54) is 0 Å². The Morgan fingerprint density at radius 2 is 1.84 bits per heavy atom. The van der Waals surface area contributed by atoms with Crippen LogP contribution in [0, 0.1) is 5.92 Å². The summed E-state index contributed by atoms with van der Waals surface area (Å²) in [6.07, 6.45) is 4.08. The summed E-state index contributed by atoms with van der Waals surface area (Å²) in [5, 5.41) is 0. The SMILES string of the molecule is CCN(C(=O)C1CCC(N)CC1)C1CCS(=O)(=O)C1. The smallest absolute Gasteiger partial charge is 0.225 e. The van der Waals surface area contributed by atoms with Crippen molar-refractivity contribution < 1.29 is 13.2 Å². The van der Waals surface area contributed by atoms with Crippen molar-refractivity contribution in [2.75, 3.05) is 18.1 Å². The number of rotatable bonds is 3. The molecule has 19 heavy (non-hydrogen) atoms. The highest BCUT2D eigenvalue weighted by Crippen LogP contribution is 2.27. The van der Waals surface area contributed by atoms with Crippen LogP contribution >= 0.6 is 0 Å². The second-order valence-corrected chi connectivity index (χ2v) is 8.02. The summed E-state index contributed by atoms with van der Waals surface area (Å²) < 4.78 is 23.1. The number of sulfone groups is 1. The standard InChI is InChI=1S/C13H24N2O3S/c1-2-15(12-7-8-19(17,18)9-12)13(16)10-3-5-11(14)6-4-10/h10-12H,2-9,14H2,1H3. The van der Waals surface area contributed by atoms with Gasteiger partial charge in [-0.05, 0) is 39.0 Å². The molecule has 0 aromatic carbocycles. The molecule has 1 aliphatic carbocycles. The minimum atomic E-state index is -2.94. The van der Waals surface area contributed by atoms with E-state index in [4.69, 9.17) is 5.73 Å². The third kappa shape index (κ3) is 3.48. The fraction of sp³-hybridized carbons (Fsp3) is 0.923. The van der Waals surface area contributed by atoms with E-state index in [0.29, 0.717) is 13.0 Å². The molecule has 1 atom stereocenters. The van der Waals surface area contributed by atoms with Crippen LogP contribution in [0.25, 0.3) is 0 Å². The largest absolute Gasteiger partial charge is 0.339 e. The van der Waals surface area contributed by atoms with Gasteiger partial charge in [-0.3, -0.25) is 4.79 Å². The average Bonchev–Trinajstić information content (AvgIpc) is 2.71.